The summed E-state index contributed by atoms with van der Waals surface area (Å²) in [6, 6.07) is 10.4. The number of hydrogen-bond acceptors (Lipinski definition) is 6. The molecule has 0 spiro atoms. The molecule has 0 saturated carbocycles. The van der Waals surface area contributed by atoms with Gasteiger partial charge in [0.15, 0.2) is 0 Å². The lowest BCUT2D eigenvalue weighted by Gasteiger charge is -2.29. The molecule has 8 heteroatoms. The van der Waals surface area contributed by atoms with Crippen molar-refractivity contribution in [3.05, 3.63) is 55.2 Å². The average Bonchev–Trinajstić information content (AvgIpc) is 3.46. The van der Waals surface area contributed by atoms with Crippen molar-refractivity contribution < 1.29 is 4.74 Å². The Hall–Kier alpha value is -3.78. The summed E-state index contributed by atoms with van der Waals surface area (Å²) >= 11 is 0. The Labute approximate surface area is 191 Å². The van der Waals surface area contributed by atoms with Crippen LogP contribution in [-0.4, -0.2) is 60.9 Å². The van der Waals surface area contributed by atoms with Crippen LogP contribution in [0.15, 0.2) is 55.2 Å². The van der Waals surface area contributed by atoms with Crippen LogP contribution >= 0.6 is 0 Å². The molecule has 1 N–H and O–H groups in total. The Kier molecular flexibility index (Phi) is 4.80. The lowest BCUT2D eigenvalue weighted by atomic mass is 10.0. The van der Waals surface area contributed by atoms with Crippen LogP contribution in [0, 0.1) is 0 Å². The van der Waals surface area contributed by atoms with E-state index >= 15 is 0 Å². The zero-order valence-corrected chi connectivity index (χ0v) is 18.7. The summed E-state index contributed by atoms with van der Waals surface area (Å²) in [6.07, 6.45) is 9.59. The number of rotatable bonds is 4. The number of aromatic nitrogens is 6. The van der Waals surface area contributed by atoms with Gasteiger partial charge in [-0.25, -0.2) is 15.0 Å². The van der Waals surface area contributed by atoms with Crippen LogP contribution in [0.1, 0.15) is 12.8 Å². The summed E-state index contributed by atoms with van der Waals surface area (Å²) < 4.78 is 8.12. The van der Waals surface area contributed by atoms with Crippen LogP contribution in [-0.2, 0) is 7.05 Å². The molecule has 1 aliphatic rings. The number of likely N-dealkylation sites (tertiary alicyclic amines) is 1. The third-order valence-electron chi connectivity index (χ3n) is 6.39. The number of H-pyrrole nitrogens is 1. The molecule has 0 radical (unpaired) electrons. The Balaban J connectivity index is 1.36. The van der Waals surface area contributed by atoms with Crippen molar-refractivity contribution in [2.24, 2.45) is 7.05 Å². The predicted octanol–water partition coefficient (Wildman–Crippen LogP) is 4.05. The molecule has 0 unspecified atom stereocenters. The van der Waals surface area contributed by atoms with Crippen molar-refractivity contribution >= 4 is 21.9 Å². The van der Waals surface area contributed by atoms with Gasteiger partial charge in [-0.1, -0.05) is 6.07 Å². The number of nitrogens with one attached hydrogen (secondary N) is 1. The molecular formula is C25H25N7O. The Bertz CT molecular complexity index is 1450. The van der Waals surface area contributed by atoms with E-state index in [9.17, 15) is 0 Å². The molecular weight excluding hydrogens is 414 g/mol. The van der Waals surface area contributed by atoms with E-state index in [2.05, 4.69) is 50.2 Å². The topological polar surface area (TPSA) is 84.8 Å². The van der Waals surface area contributed by atoms with E-state index in [1.165, 1.54) is 0 Å². The molecule has 8 nitrogen and oxygen atoms in total. The second-order valence-electron chi connectivity index (χ2n) is 8.73. The summed E-state index contributed by atoms with van der Waals surface area (Å²) in [5, 5.41) is 6.25. The molecule has 5 heterocycles. The first-order valence-corrected chi connectivity index (χ1v) is 11.2. The second-order valence-corrected chi connectivity index (χ2v) is 8.73. The molecule has 33 heavy (non-hydrogen) atoms. The molecule has 1 fully saturated rings. The van der Waals surface area contributed by atoms with Gasteiger partial charge in [-0.2, -0.15) is 5.10 Å². The monoisotopic (exact) mass is 439 g/mol. The molecule has 4 aromatic heterocycles. The Morgan fingerprint density at radius 2 is 1.88 bits per heavy atom. The van der Waals surface area contributed by atoms with Gasteiger partial charge in [0.1, 0.15) is 18.1 Å². The summed E-state index contributed by atoms with van der Waals surface area (Å²) in [5.74, 6) is 0.660. The van der Waals surface area contributed by atoms with Crippen LogP contribution in [0.5, 0.6) is 5.88 Å². The van der Waals surface area contributed by atoms with E-state index < -0.39 is 0 Å². The number of hydrogen-bond donors (Lipinski definition) is 1. The summed E-state index contributed by atoms with van der Waals surface area (Å²) in [4.78, 5) is 19.4. The van der Waals surface area contributed by atoms with Crippen molar-refractivity contribution in [1.82, 2.24) is 34.6 Å². The SMILES string of the molecule is CN1CCC(Oc2ncnc3ccc(-c4c[nH]c5nc(-c6cnn(C)c6)ccc45)cc23)CC1. The summed E-state index contributed by atoms with van der Waals surface area (Å²) in [6.45, 7) is 2.09. The molecule has 0 amide bonds. The number of fused-ring (bicyclic) bond motifs is 2. The first-order chi connectivity index (χ1) is 16.1. The van der Waals surface area contributed by atoms with Gasteiger partial charge in [0.05, 0.1) is 22.8 Å². The van der Waals surface area contributed by atoms with Gasteiger partial charge < -0.3 is 14.6 Å². The highest BCUT2D eigenvalue weighted by Gasteiger charge is 2.20. The van der Waals surface area contributed by atoms with Gasteiger partial charge in [0.2, 0.25) is 5.88 Å². The van der Waals surface area contributed by atoms with Crippen LogP contribution in [0.25, 0.3) is 44.3 Å². The highest BCUT2D eigenvalue weighted by atomic mass is 16.5. The maximum absolute atomic E-state index is 6.34. The van der Waals surface area contributed by atoms with Gasteiger partial charge in [-0.05, 0) is 49.7 Å². The standard InChI is InChI=1S/C25H25N7O/c1-31-9-7-18(8-10-31)33-25-20-11-16(3-5-23(20)27-15-28-25)21-13-26-24-19(21)4-6-22(30-24)17-12-29-32(2)14-17/h3-6,11-15,18H,7-10H2,1-2H3,(H,26,30). The number of aryl methyl sites for hydroxylation is 1. The van der Waals surface area contributed by atoms with Gasteiger partial charge in [-0.3, -0.25) is 4.68 Å². The Morgan fingerprint density at radius 3 is 2.70 bits per heavy atom. The van der Waals surface area contributed by atoms with Crippen LogP contribution in [0.2, 0.25) is 0 Å². The van der Waals surface area contributed by atoms with E-state index in [4.69, 9.17) is 9.72 Å². The highest BCUT2D eigenvalue weighted by Crippen LogP contribution is 2.33. The van der Waals surface area contributed by atoms with Crippen molar-refractivity contribution in [1.29, 1.82) is 0 Å². The minimum absolute atomic E-state index is 0.186. The lowest BCUT2D eigenvalue weighted by Crippen LogP contribution is -2.35. The van der Waals surface area contributed by atoms with Gasteiger partial charge >= 0.3 is 0 Å². The fourth-order valence-corrected chi connectivity index (χ4v) is 4.51. The van der Waals surface area contributed by atoms with E-state index in [0.717, 1.165) is 70.3 Å². The van der Waals surface area contributed by atoms with Crippen molar-refractivity contribution in [3.8, 4) is 28.3 Å². The minimum Gasteiger partial charge on any atom is -0.474 e. The van der Waals surface area contributed by atoms with Crippen molar-refractivity contribution in [3.63, 3.8) is 0 Å². The minimum atomic E-state index is 0.186. The first-order valence-electron chi connectivity index (χ1n) is 11.2. The average molecular weight is 440 g/mol. The molecule has 0 bridgehead atoms. The first kappa shape index (κ1) is 19.9. The fraction of sp³-hybridized carbons (Fsp3) is 0.280. The summed E-state index contributed by atoms with van der Waals surface area (Å²) in [5.41, 5.74) is 5.78. The van der Waals surface area contributed by atoms with E-state index in [1.807, 2.05) is 37.8 Å². The number of piperidine rings is 1. The van der Waals surface area contributed by atoms with Gasteiger partial charge in [0.25, 0.3) is 0 Å². The number of aromatic amines is 1. The molecule has 6 rings (SSSR count). The quantitative estimate of drug-likeness (QED) is 0.455. The second kappa shape index (κ2) is 7.97. The third-order valence-corrected chi connectivity index (χ3v) is 6.39. The lowest BCUT2D eigenvalue weighted by molar-refractivity contribution is 0.111. The maximum Gasteiger partial charge on any atom is 0.224 e. The summed E-state index contributed by atoms with van der Waals surface area (Å²) in [7, 11) is 4.06. The van der Waals surface area contributed by atoms with E-state index in [1.54, 1.807) is 11.0 Å². The molecule has 1 saturated heterocycles. The van der Waals surface area contributed by atoms with E-state index in [-0.39, 0.29) is 6.10 Å². The molecule has 0 aliphatic carbocycles. The molecule has 0 atom stereocenters. The molecule has 1 aromatic carbocycles. The fourth-order valence-electron chi connectivity index (χ4n) is 4.51. The molecule has 1 aliphatic heterocycles. The number of pyridine rings is 1. The largest absolute Gasteiger partial charge is 0.474 e. The van der Waals surface area contributed by atoms with Crippen molar-refractivity contribution in [2.45, 2.75) is 18.9 Å². The normalized spacial score (nSPS) is 15.5. The van der Waals surface area contributed by atoms with Crippen LogP contribution < -0.4 is 4.74 Å². The number of ether oxygens (including phenoxy) is 1. The van der Waals surface area contributed by atoms with Gasteiger partial charge in [-0.15, -0.1) is 0 Å². The maximum atomic E-state index is 6.34. The highest BCUT2D eigenvalue weighted by molar-refractivity contribution is 5.97. The smallest absolute Gasteiger partial charge is 0.224 e. The van der Waals surface area contributed by atoms with Gasteiger partial charge in [0, 0.05) is 49.0 Å². The Morgan fingerprint density at radius 1 is 1.00 bits per heavy atom. The van der Waals surface area contributed by atoms with Crippen molar-refractivity contribution in [2.75, 3.05) is 20.1 Å². The molecule has 166 valence electrons. The third kappa shape index (κ3) is 3.72. The van der Waals surface area contributed by atoms with Crippen LogP contribution in [0.4, 0.5) is 0 Å². The zero-order chi connectivity index (χ0) is 22.4. The predicted molar refractivity (Wildman–Crippen MR) is 128 cm³/mol. The van der Waals surface area contributed by atoms with Crippen LogP contribution in [0.3, 0.4) is 0 Å². The number of nitrogens with zero attached hydrogens (tertiary/aromatic N) is 6. The number of benzene rings is 1. The zero-order valence-electron chi connectivity index (χ0n) is 18.7. The van der Waals surface area contributed by atoms with E-state index in [0.29, 0.717) is 5.88 Å². The molecule has 5 aromatic rings.